The molecule has 262 valence electrons. The molecule has 2 aliphatic heterocycles. The highest BCUT2D eigenvalue weighted by Gasteiger charge is 2.67. The summed E-state index contributed by atoms with van der Waals surface area (Å²) in [5.41, 5.74) is 5.16. The number of carboxylic acid groups (broad SMARTS) is 1. The van der Waals surface area contributed by atoms with E-state index in [4.69, 9.17) is 5.11 Å². The monoisotopic (exact) mass is 688 g/mol. The van der Waals surface area contributed by atoms with Crippen LogP contribution in [0.5, 0.6) is 0 Å². The lowest BCUT2D eigenvalue weighted by Crippen LogP contribution is -2.50. The molecular weight excluding hydrogens is 649 g/mol. The second kappa shape index (κ2) is 13.3. The van der Waals surface area contributed by atoms with Crippen LogP contribution in [0.15, 0.2) is 66.7 Å². The van der Waals surface area contributed by atoms with E-state index in [-0.39, 0.29) is 41.0 Å². The van der Waals surface area contributed by atoms with Crippen LogP contribution in [0.4, 0.5) is 13.2 Å². The largest absolute Gasteiger partial charge is 0.478 e. The Balaban J connectivity index is 0.000000152. The molecule has 3 fully saturated rings. The first kappa shape index (κ1) is 36.2. The number of aromatic carboxylic acids is 1. The number of rotatable bonds is 2. The summed E-state index contributed by atoms with van der Waals surface area (Å²) in [6.07, 6.45) is -0.609. The molecule has 0 radical (unpaired) electrons. The summed E-state index contributed by atoms with van der Waals surface area (Å²) >= 11 is 0. The molecule has 4 amide bonds. The van der Waals surface area contributed by atoms with Crippen LogP contribution in [-0.4, -0.2) is 58.6 Å². The molecule has 3 aliphatic carbocycles. The molecule has 0 spiro atoms. The van der Waals surface area contributed by atoms with E-state index >= 15 is 0 Å². The first-order valence-corrected chi connectivity index (χ1v) is 16.2. The van der Waals surface area contributed by atoms with Crippen LogP contribution in [0, 0.1) is 70.1 Å². The highest BCUT2D eigenvalue weighted by atomic mass is 19.4. The van der Waals surface area contributed by atoms with Gasteiger partial charge in [-0.05, 0) is 69.5 Å². The van der Waals surface area contributed by atoms with Crippen LogP contribution in [0.25, 0.3) is 11.1 Å². The van der Waals surface area contributed by atoms with Gasteiger partial charge < -0.3 is 5.11 Å². The molecular formula is C39H39F3N2O6. The fraction of sp³-hybridized carbons (Fsp3) is 0.359. The number of carbonyl (C=O) groups excluding carboxylic acids is 4. The van der Waals surface area contributed by atoms with Crippen molar-refractivity contribution in [2.75, 3.05) is 14.1 Å². The topological polar surface area (TPSA) is 112 Å². The first-order valence-electron chi connectivity index (χ1n) is 16.2. The molecule has 50 heavy (non-hydrogen) atoms. The number of hydrogen-bond donors (Lipinski definition) is 1. The second-order valence-corrected chi connectivity index (χ2v) is 13.7. The summed E-state index contributed by atoms with van der Waals surface area (Å²) < 4.78 is 39.4. The van der Waals surface area contributed by atoms with E-state index in [0.717, 1.165) is 32.1 Å². The van der Waals surface area contributed by atoms with Crippen molar-refractivity contribution in [2.24, 2.45) is 35.5 Å². The summed E-state index contributed by atoms with van der Waals surface area (Å²) in [6.45, 7) is 9.21. The van der Waals surface area contributed by atoms with E-state index in [9.17, 15) is 37.1 Å². The van der Waals surface area contributed by atoms with E-state index in [1.807, 2.05) is 58.0 Å². The maximum atomic E-state index is 13.1. The van der Waals surface area contributed by atoms with Crippen molar-refractivity contribution >= 4 is 29.6 Å². The molecule has 8 nitrogen and oxygen atoms in total. The molecule has 1 N–H and O–H groups in total. The number of carboxylic acids is 1. The van der Waals surface area contributed by atoms with Gasteiger partial charge >= 0.3 is 12.1 Å². The predicted octanol–water partition coefficient (Wildman–Crippen LogP) is 6.56. The van der Waals surface area contributed by atoms with Crippen molar-refractivity contribution in [1.29, 1.82) is 0 Å². The maximum absolute atomic E-state index is 13.1. The van der Waals surface area contributed by atoms with Gasteiger partial charge in [0.2, 0.25) is 23.6 Å². The summed E-state index contributed by atoms with van der Waals surface area (Å²) in [5.74, 6) is -4.23. The summed E-state index contributed by atoms with van der Waals surface area (Å²) in [5, 5.41) is 8.63. The van der Waals surface area contributed by atoms with Gasteiger partial charge in [-0.25, -0.2) is 4.79 Å². The van der Waals surface area contributed by atoms with Crippen molar-refractivity contribution in [3.05, 3.63) is 106 Å². The Morgan fingerprint density at radius 2 is 1.00 bits per heavy atom. The molecule has 2 heterocycles. The Labute approximate surface area is 288 Å². The van der Waals surface area contributed by atoms with E-state index in [0.29, 0.717) is 16.7 Å². The first-order chi connectivity index (χ1) is 23.3. The number of carbonyl (C=O) groups is 5. The van der Waals surface area contributed by atoms with E-state index in [2.05, 4.69) is 0 Å². The Morgan fingerprint density at radius 3 is 1.38 bits per heavy atom. The Bertz CT molecular complexity index is 1830. The quantitative estimate of drug-likeness (QED) is 0.241. The smallest absolute Gasteiger partial charge is 0.417 e. The molecule has 4 unspecified atom stereocenters. The minimum atomic E-state index is -4.33. The van der Waals surface area contributed by atoms with Gasteiger partial charge in [0, 0.05) is 25.9 Å². The highest BCUT2D eigenvalue weighted by molar-refractivity contribution is 6.10. The van der Waals surface area contributed by atoms with Gasteiger partial charge in [0.1, 0.15) is 0 Å². The van der Waals surface area contributed by atoms with Gasteiger partial charge in [0.05, 0.1) is 34.8 Å². The fourth-order valence-corrected chi connectivity index (χ4v) is 7.87. The summed E-state index contributed by atoms with van der Waals surface area (Å²) in [7, 11) is 2.96. The zero-order valence-corrected chi connectivity index (χ0v) is 28.8. The number of benzene rings is 3. The minimum absolute atomic E-state index is 0.215. The standard InChI is InChI=1S/C16H15F3.C14H14N2O4.C9H10O2/c1-10-4-6-13(12(3)8-10)14-7-5-11(2)9-15(14)16(17,18)19;1-15-11(17)7-5-3-4-6(8(7)12(15)18)10-9(5)13(19)16(2)14(10)20;1-6-3-7(2)5-8(4-6)9(10)11/h4-9H,1-3H3;3-10H,1-2H3;3-5H,1-2H3,(H,10,11). The van der Waals surface area contributed by atoms with Crippen molar-refractivity contribution in [3.8, 4) is 11.1 Å². The molecule has 5 aliphatic rings. The van der Waals surface area contributed by atoms with Crippen LogP contribution in [0.2, 0.25) is 0 Å². The van der Waals surface area contributed by atoms with Crippen molar-refractivity contribution < 1.29 is 42.3 Å². The minimum Gasteiger partial charge on any atom is -0.478 e. The lowest BCUT2D eigenvalue weighted by Gasteiger charge is -2.44. The number of alkyl halides is 3. The number of halogens is 3. The lowest BCUT2D eigenvalue weighted by molar-refractivity contribution is -0.139. The third-order valence-electron chi connectivity index (χ3n) is 10.1. The van der Waals surface area contributed by atoms with Gasteiger partial charge in [-0.15, -0.1) is 0 Å². The normalized spacial score (nSPS) is 24.8. The number of likely N-dealkylation sites (tertiary alicyclic amines) is 2. The maximum Gasteiger partial charge on any atom is 0.417 e. The molecule has 2 saturated heterocycles. The Kier molecular flexibility index (Phi) is 9.66. The number of imide groups is 2. The van der Waals surface area contributed by atoms with E-state index < -0.39 is 41.4 Å². The molecule has 3 aromatic carbocycles. The zero-order chi connectivity index (χ0) is 37.0. The predicted molar refractivity (Wildman–Crippen MR) is 180 cm³/mol. The third-order valence-corrected chi connectivity index (χ3v) is 10.1. The van der Waals surface area contributed by atoms with E-state index in [1.54, 1.807) is 37.3 Å². The van der Waals surface area contributed by atoms with Gasteiger partial charge in [-0.3, -0.25) is 29.0 Å². The molecule has 0 aromatic heterocycles. The van der Waals surface area contributed by atoms with Gasteiger partial charge in [-0.1, -0.05) is 70.8 Å². The second-order valence-electron chi connectivity index (χ2n) is 13.7. The van der Waals surface area contributed by atoms with Crippen LogP contribution in [-0.2, 0) is 25.4 Å². The lowest BCUT2D eigenvalue weighted by atomic mass is 9.54. The Morgan fingerprint density at radius 1 is 0.600 bits per heavy atom. The van der Waals surface area contributed by atoms with Crippen molar-refractivity contribution in [1.82, 2.24) is 9.80 Å². The van der Waals surface area contributed by atoms with Gasteiger partial charge in [0.25, 0.3) is 0 Å². The van der Waals surface area contributed by atoms with Gasteiger partial charge in [0.15, 0.2) is 0 Å². The fourth-order valence-electron chi connectivity index (χ4n) is 7.87. The number of allylic oxidation sites excluding steroid dienone is 2. The zero-order valence-electron chi connectivity index (χ0n) is 28.8. The number of amides is 4. The summed E-state index contributed by atoms with van der Waals surface area (Å²) in [6, 6.07) is 15.2. The average Bonchev–Trinajstić information content (AvgIpc) is 3.42. The third kappa shape index (κ3) is 6.48. The van der Waals surface area contributed by atoms with Crippen LogP contribution < -0.4 is 0 Å². The van der Waals surface area contributed by atoms with Crippen LogP contribution in [0.3, 0.4) is 0 Å². The van der Waals surface area contributed by atoms with Crippen LogP contribution >= 0.6 is 0 Å². The SMILES string of the molecule is CN1C(=O)C2C3C=CC(C2C1=O)C1C(=O)N(C)C(=O)C31.Cc1cc(C)cc(C(=O)O)c1.Cc1ccc(-c2ccc(C)cc2C(F)(F)F)c(C)c1. The summed E-state index contributed by atoms with van der Waals surface area (Å²) in [4.78, 5) is 61.9. The Hall–Kier alpha value is -5.06. The average molecular weight is 689 g/mol. The van der Waals surface area contributed by atoms with Crippen molar-refractivity contribution in [2.45, 2.75) is 40.8 Å². The number of nitrogens with zero attached hydrogens (tertiary/aromatic N) is 2. The molecule has 4 atom stereocenters. The molecule has 1 saturated carbocycles. The molecule has 2 bridgehead atoms. The number of aryl methyl sites for hydroxylation is 5. The number of hydrogen-bond acceptors (Lipinski definition) is 5. The molecule has 3 aromatic rings. The van der Waals surface area contributed by atoms with Crippen molar-refractivity contribution in [3.63, 3.8) is 0 Å². The molecule has 11 heteroatoms. The van der Waals surface area contributed by atoms with Crippen LogP contribution in [0.1, 0.15) is 43.7 Å². The molecule has 8 rings (SSSR count). The van der Waals surface area contributed by atoms with Gasteiger partial charge in [-0.2, -0.15) is 13.2 Å². The van der Waals surface area contributed by atoms with E-state index in [1.165, 1.54) is 20.2 Å². The highest BCUT2D eigenvalue weighted by Crippen LogP contribution is 2.57.